The van der Waals surface area contributed by atoms with E-state index < -0.39 is 0 Å². The van der Waals surface area contributed by atoms with Crippen molar-refractivity contribution in [1.29, 1.82) is 0 Å². The summed E-state index contributed by atoms with van der Waals surface area (Å²) in [5.74, 6) is 1.72. The van der Waals surface area contributed by atoms with Crippen molar-refractivity contribution in [3.8, 4) is 5.75 Å². The van der Waals surface area contributed by atoms with E-state index in [9.17, 15) is 0 Å². The van der Waals surface area contributed by atoms with E-state index in [1.165, 1.54) is 64.6 Å². The normalized spacial score (nSPS) is 19.8. The first-order chi connectivity index (χ1) is 10.8. The van der Waals surface area contributed by atoms with Crippen LogP contribution in [0.1, 0.15) is 58.8 Å². The molecule has 1 aromatic carbocycles. The summed E-state index contributed by atoms with van der Waals surface area (Å²) in [5, 5.41) is 0. The van der Waals surface area contributed by atoms with E-state index in [2.05, 4.69) is 49.1 Å². The van der Waals surface area contributed by atoms with Gasteiger partial charge < -0.3 is 9.64 Å². The van der Waals surface area contributed by atoms with Gasteiger partial charge in [-0.15, -0.1) is 12.4 Å². The number of hydrogen-bond donors (Lipinski definition) is 0. The molecule has 1 saturated heterocycles. The molecule has 0 radical (unpaired) electrons. The lowest BCUT2D eigenvalue weighted by molar-refractivity contribution is 0.0611. The van der Waals surface area contributed by atoms with Gasteiger partial charge in [-0.05, 0) is 50.9 Å². The van der Waals surface area contributed by atoms with Crippen molar-refractivity contribution in [2.45, 2.75) is 64.9 Å². The predicted octanol–water partition coefficient (Wildman–Crippen LogP) is 5.56. The lowest BCUT2D eigenvalue weighted by Crippen LogP contribution is -2.42. The van der Waals surface area contributed by atoms with Crippen molar-refractivity contribution in [2.24, 2.45) is 5.92 Å². The standard InChI is InChI=1S/C20H33NO.ClH/c1-3-5-9-15-21-16-10-12-18(17-21)20(11-4-2)22-19-13-7-6-8-14-19;/h6-8,13-14,18,20H,3-5,9-12,15-17H2,1-2H3;1H. The van der Waals surface area contributed by atoms with Gasteiger partial charge in [0.2, 0.25) is 0 Å². The second-order valence-electron chi connectivity index (χ2n) is 6.67. The first-order valence-electron chi connectivity index (χ1n) is 9.27. The Morgan fingerprint density at radius 2 is 1.91 bits per heavy atom. The lowest BCUT2D eigenvalue weighted by Gasteiger charge is -2.37. The van der Waals surface area contributed by atoms with Gasteiger partial charge in [0.1, 0.15) is 11.9 Å². The summed E-state index contributed by atoms with van der Waals surface area (Å²) >= 11 is 0. The quantitative estimate of drug-likeness (QED) is 0.546. The molecule has 1 aliphatic heterocycles. The Hall–Kier alpha value is -0.730. The lowest BCUT2D eigenvalue weighted by atomic mass is 9.90. The largest absolute Gasteiger partial charge is 0.490 e. The van der Waals surface area contributed by atoms with Crippen LogP contribution < -0.4 is 4.74 Å². The number of likely N-dealkylation sites (tertiary alicyclic amines) is 1. The van der Waals surface area contributed by atoms with Crippen molar-refractivity contribution in [3.63, 3.8) is 0 Å². The molecular formula is C20H34ClNO. The number of halogens is 1. The minimum absolute atomic E-state index is 0. The van der Waals surface area contributed by atoms with Gasteiger partial charge in [-0.3, -0.25) is 0 Å². The van der Waals surface area contributed by atoms with Gasteiger partial charge in [0.25, 0.3) is 0 Å². The van der Waals surface area contributed by atoms with Crippen molar-refractivity contribution in [2.75, 3.05) is 19.6 Å². The molecule has 1 heterocycles. The van der Waals surface area contributed by atoms with Crippen molar-refractivity contribution in [1.82, 2.24) is 4.90 Å². The number of benzene rings is 1. The number of para-hydroxylation sites is 1. The molecular weight excluding hydrogens is 306 g/mol. The molecule has 0 saturated carbocycles. The highest BCUT2D eigenvalue weighted by Gasteiger charge is 2.28. The van der Waals surface area contributed by atoms with E-state index in [4.69, 9.17) is 4.74 Å². The summed E-state index contributed by atoms with van der Waals surface area (Å²) in [6.07, 6.45) is 9.42. The van der Waals surface area contributed by atoms with Gasteiger partial charge in [0.05, 0.1) is 0 Å². The van der Waals surface area contributed by atoms with E-state index in [0.717, 1.165) is 5.75 Å². The zero-order chi connectivity index (χ0) is 15.6. The SMILES string of the molecule is CCCCCN1CCCC(C(CCC)Oc2ccccc2)C1.Cl. The molecule has 1 fully saturated rings. The maximum atomic E-state index is 6.34. The molecule has 2 unspecified atom stereocenters. The summed E-state index contributed by atoms with van der Waals surface area (Å²) in [6.45, 7) is 8.33. The highest BCUT2D eigenvalue weighted by Crippen LogP contribution is 2.26. The zero-order valence-corrected chi connectivity index (χ0v) is 15.7. The second-order valence-corrected chi connectivity index (χ2v) is 6.67. The first kappa shape index (κ1) is 20.3. The molecule has 1 aromatic rings. The topological polar surface area (TPSA) is 12.5 Å². The summed E-state index contributed by atoms with van der Waals surface area (Å²) in [5.41, 5.74) is 0. The molecule has 132 valence electrons. The van der Waals surface area contributed by atoms with Crippen molar-refractivity contribution >= 4 is 12.4 Å². The smallest absolute Gasteiger partial charge is 0.119 e. The van der Waals surface area contributed by atoms with Crippen LogP contribution >= 0.6 is 12.4 Å². The third-order valence-electron chi connectivity index (χ3n) is 4.75. The Labute approximate surface area is 149 Å². The third kappa shape index (κ3) is 7.14. The van der Waals surface area contributed by atoms with Gasteiger partial charge in [-0.2, -0.15) is 0 Å². The minimum Gasteiger partial charge on any atom is -0.490 e. The van der Waals surface area contributed by atoms with E-state index in [0.29, 0.717) is 12.0 Å². The van der Waals surface area contributed by atoms with Crippen LogP contribution in [0.2, 0.25) is 0 Å². The summed E-state index contributed by atoms with van der Waals surface area (Å²) < 4.78 is 6.34. The predicted molar refractivity (Wildman–Crippen MR) is 102 cm³/mol. The van der Waals surface area contributed by atoms with Crippen LogP contribution in [0.5, 0.6) is 5.75 Å². The maximum absolute atomic E-state index is 6.34. The summed E-state index contributed by atoms with van der Waals surface area (Å²) in [6, 6.07) is 10.4. The summed E-state index contributed by atoms with van der Waals surface area (Å²) in [4.78, 5) is 2.67. The molecule has 0 spiro atoms. The van der Waals surface area contributed by atoms with Crippen molar-refractivity contribution < 1.29 is 4.74 Å². The molecule has 0 amide bonds. The highest BCUT2D eigenvalue weighted by molar-refractivity contribution is 5.85. The second kappa shape index (κ2) is 11.8. The molecule has 0 N–H and O–H groups in total. The highest BCUT2D eigenvalue weighted by atomic mass is 35.5. The average Bonchev–Trinajstić information content (AvgIpc) is 2.56. The maximum Gasteiger partial charge on any atom is 0.119 e. The molecule has 2 rings (SSSR count). The first-order valence-corrected chi connectivity index (χ1v) is 9.27. The molecule has 2 nitrogen and oxygen atoms in total. The van der Waals surface area contributed by atoms with E-state index >= 15 is 0 Å². The van der Waals surface area contributed by atoms with Crippen LogP contribution in [0.25, 0.3) is 0 Å². The molecule has 0 aromatic heterocycles. The number of rotatable bonds is 9. The van der Waals surface area contributed by atoms with Crippen LogP contribution in [0.4, 0.5) is 0 Å². The fourth-order valence-electron chi connectivity index (χ4n) is 3.53. The van der Waals surface area contributed by atoms with Gasteiger partial charge in [0, 0.05) is 12.5 Å². The average molecular weight is 340 g/mol. The number of piperidine rings is 1. The van der Waals surface area contributed by atoms with Crippen LogP contribution in [-0.4, -0.2) is 30.6 Å². The van der Waals surface area contributed by atoms with Gasteiger partial charge >= 0.3 is 0 Å². The Kier molecular flexibility index (Phi) is 10.4. The van der Waals surface area contributed by atoms with Gasteiger partial charge in [0.15, 0.2) is 0 Å². The number of unbranched alkanes of at least 4 members (excludes halogenated alkanes) is 2. The van der Waals surface area contributed by atoms with Crippen LogP contribution in [0.3, 0.4) is 0 Å². The summed E-state index contributed by atoms with van der Waals surface area (Å²) in [7, 11) is 0. The van der Waals surface area contributed by atoms with Crippen LogP contribution in [0, 0.1) is 5.92 Å². The van der Waals surface area contributed by atoms with Crippen molar-refractivity contribution in [3.05, 3.63) is 30.3 Å². The number of nitrogens with zero attached hydrogens (tertiary/aromatic N) is 1. The molecule has 0 bridgehead atoms. The number of ether oxygens (including phenoxy) is 1. The molecule has 1 aliphatic rings. The fourth-order valence-corrected chi connectivity index (χ4v) is 3.53. The van der Waals surface area contributed by atoms with E-state index in [-0.39, 0.29) is 12.4 Å². The molecule has 2 atom stereocenters. The van der Waals surface area contributed by atoms with E-state index in [1.54, 1.807) is 0 Å². The fraction of sp³-hybridized carbons (Fsp3) is 0.700. The van der Waals surface area contributed by atoms with E-state index in [1.807, 2.05) is 0 Å². The monoisotopic (exact) mass is 339 g/mol. The Balaban J connectivity index is 0.00000264. The number of hydrogen-bond acceptors (Lipinski definition) is 2. The third-order valence-corrected chi connectivity index (χ3v) is 4.75. The van der Waals surface area contributed by atoms with Gasteiger partial charge in [-0.1, -0.05) is 51.3 Å². The Morgan fingerprint density at radius 3 is 2.61 bits per heavy atom. The molecule has 3 heteroatoms. The molecule has 23 heavy (non-hydrogen) atoms. The van der Waals surface area contributed by atoms with Gasteiger partial charge in [-0.25, -0.2) is 0 Å². The molecule has 0 aliphatic carbocycles. The zero-order valence-electron chi connectivity index (χ0n) is 14.9. The Bertz CT molecular complexity index is 398. The van der Waals surface area contributed by atoms with Crippen LogP contribution in [-0.2, 0) is 0 Å². The van der Waals surface area contributed by atoms with Crippen LogP contribution in [0.15, 0.2) is 30.3 Å². The Morgan fingerprint density at radius 1 is 1.13 bits per heavy atom. The minimum atomic E-state index is 0.